The molecule has 0 amide bonds. The molecule has 0 saturated carbocycles. The molecule has 3 aliphatic heterocycles. The molecule has 1 fully saturated rings. The van der Waals surface area contributed by atoms with Gasteiger partial charge in [0.1, 0.15) is 17.7 Å². The predicted octanol–water partition coefficient (Wildman–Crippen LogP) is 3.11. The van der Waals surface area contributed by atoms with E-state index in [9.17, 15) is 20.1 Å². The van der Waals surface area contributed by atoms with Gasteiger partial charge in [0, 0.05) is 13.0 Å². The summed E-state index contributed by atoms with van der Waals surface area (Å²) in [6.45, 7) is 5.50. The molecule has 2 aromatic rings. The first-order valence-corrected chi connectivity index (χ1v) is 15.6. The van der Waals surface area contributed by atoms with Crippen molar-refractivity contribution in [1.82, 2.24) is 10.2 Å². The van der Waals surface area contributed by atoms with Gasteiger partial charge in [-0.05, 0) is 100 Å². The number of rotatable bonds is 12. The van der Waals surface area contributed by atoms with Crippen molar-refractivity contribution < 1.29 is 43.5 Å². The number of hydrogen-bond acceptors (Lipinski definition) is 11. The van der Waals surface area contributed by atoms with Crippen molar-refractivity contribution in [3.63, 3.8) is 0 Å². The van der Waals surface area contributed by atoms with Crippen LogP contribution in [0.15, 0.2) is 46.8 Å². The van der Waals surface area contributed by atoms with Crippen molar-refractivity contribution in [2.24, 2.45) is 0 Å². The van der Waals surface area contributed by atoms with Gasteiger partial charge in [-0.15, -0.1) is 0 Å². The van der Waals surface area contributed by atoms with Crippen molar-refractivity contribution in [2.45, 2.75) is 100 Å². The number of aliphatic hydroxyl groups is 3. The largest absolute Gasteiger partial charge is 0.497 e. The van der Waals surface area contributed by atoms with Crippen LogP contribution in [-0.2, 0) is 27.2 Å². The third-order valence-corrected chi connectivity index (χ3v) is 9.58. The Bertz CT molecular complexity index is 1370. The van der Waals surface area contributed by atoms with Gasteiger partial charge in [-0.1, -0.05) is 0 Å². The third kappa shape index (κ3) is 5.95. The average molecular weight is 613 g/mol. The fourth-order valence-corrected chi connectivity index (χ4v) is 7.44. The molecule has 4 N–H and O–H groups in total. The molecule has 44 heavy (non-hydrogen) atoms. The molecule has 1 aromatic heterocycles. The standard InChI is InChI=1S/C33H44N2O9/c1-31(2,38)9-5-11-33(39,18-27(36)34-19-22-7-4-14-41-22)30(37)44-29-26(40-3)17-32-10-6-12-35(32)13-8-21-15-24-25(43-20-42-24)16-23(21)28(29)32/h4,7,14-17,27-29,34,36,38-39H,5-6,8-13,18-20H2,1-3H3/t27?,28-,29-,32+,33-/m1/s1. The molecule has 0 bridgehead atoms. The molecule has 4 aliphatic rings. The quantitative estimate of drug-likeness (QED) is 0.207. The lowest BCUT2D eigenvalue weighted by Gasteiger charge is -2.40. The summed E-state index contributed by atoms with van der Waals surface area (Å²) in [6.07, 6.45) is 4.67. The second-order valence-electron chi connectivity index (χ2n) is 13.2. The molecule has 1 saturated heterocycles. The van der Waals surface area contributed by atoms with Crippen LogP contribution in [0.25, 0.3) is 0 Å². The van der Waals surface area contributed by atoms with Gasteiger partial charge in [-0.3, -0.25) is 10.2 Å². The van der Waals surface area contributed by atoms with E-state index in [-0.39, 0.29) is 32.1 Å². The number of aliphatic hydroxyl groups excluding tert-OH is 1. The first kappa shape index (κ1) is 30.9. The number of esters is 1. The molecule has 0 radical (unpaired) electrons. The number of furan rings is 1. The van der Waals surface area contributed by atoms with Gasteiger partial charge in [-0.2, -0.15) is 0 Å². The highest BCUT2D eigenvalue weighted by Gasteiger charge is 2.59. The Morgan fingerprint density at radius 3 is 2.73 bits per heavy atom. The lowest BCUT2D eigenvalue weighted by molar-refractivity contribution is -0.177. The molecule has 11 nitrogen and oxygen atoms in total. The first-order chi connectivity index (χ1) is 21.0. The SMILES string of the molecule is COC1=C[C@]23CCCN2CCc2cc4c(cc2[C@@H]3[C@@H]1OC(=O)[C@@](O)(CCCC(C)(C)O)CC(O)NCc1ccco1)OCO4. The van der Waals surface area contributed by atoms with E-state index in [1.807, 2.05) is 12.1 Å². The molecule has 1 aromatic carbocycles. The summed E-state index contributed by atoms with van der Waals surface area (Å²) in [4.78, 5) is 16.6. The normalized spacial score (nSPS) is 26.2. The highest BCUT2D eigenvalue weighted by Crippen LogP contribution is 2.55. The van der Waals surface area contributed by atoms with Crippen LogP contribution in [0, 0.1) is 0 Å². The van der Waals surface area contributed by atoms with Crippen LogP contribution in [0.3, 0.4) is 0 Å². The summed E-state index contributed by atoms with van der Waals surface area (Å²) >= 11 is 0. The van der Waals surface area contributed by atoms with Crippen LogP contribution in [-0.4, -0.2) is 82.3 Å². The summed E-state index contributed by atoms with van der Waals surface area (Å²) in [7, 11) is 1.58. The highest BCUT2D eigenvalue weighted by molar-refractivity contribution is 5.80. The second kappa shape index (κ2) is 12.0. The third-order valence-electron chi connectivity index (χ3n) is 9.58. The minimum Gasteiger partial charge on any atom is -0.497 e. The lowest BCUT2D eigenvalue weighted by Crippen LogP contribution is -2.50. The Balaban J connectivity index is 1.29. The van der Waals surface area contributed by atoms with Crippen LogP contribution in [0.1, 0.15) is 75.2 Å². The molecule has 1 aliphatic carbocycles. The van der Waals surface area contributed by atoms with Crippen molar-refractivity contribution >= 4 is 5.97 Å². The Morgan fingerprint density at radius 1 is 1.20 bits per heavy atom. The summed E-state index contributed by atoms with van der Waals surface area (Å²) in [5.41, 5.74) is -1.30. The topological polar surface area (TPSA) is 143 Å². The second-order valence-corrected chi connectivity index (χ2v) is 13.2. The minimum atomic E-state index is -2.03. The van der Waals surface area contributed by atoms with E-state index in [1.165, 1.54) is 6.26 Å². The van der Waals surface area contributed by atoms with E-state index >= 15 is 0 Å². The highest BCUT2D eigenvalue weighted by atomic mass is 16.7. The Morgan fingerprint density at radius 2 is 2.00 bits per heavy atom. The molecule has 6 rings (SSSR count). The van der Waals surface area contributed by atoms with Crippen molar-refractivity contribution in [3.8, 4) is 11.5 Å². The molecular formula is C33H44N2O9. The van der Waals surface area contributed by atoms with Crippen LogP contribution < -0.4 is 14.8 Å². The average Bonchev–Trinajstić information content (AvgIpc) is 3.77. The fourth-order valence-electron chi connectivity index (χ4n) is 7.44. The van der Waals surface area contributed by atoms with Gasteiger partial charge >= 0.3 is 5.97 Å². The minimum absolute atomic E-state index is 0.00866. The van der Waals surface area contributed by atoms with E-state index in [2.05, 4.69) is 16.3 Å². The number of carbonyl (C=O) groups is 1. The molecule has 1 spiro atoms. The molecular weight excluding hydrogens is 568 g/mol. The predicted molar refractivity (Wildman–Crippen MR) is 159 cm³/mol. The Labute approximate surface area is 257 Å². The smallest absolute Gasteiger partial charge is 0.339 e. The zero-order valence-corrected chi connectivity index (χ0v) is 25.7. The van der Waals surface area contributed by atoms with Gasteiger partial charge in [-0.25, -0.2) is 4.79 Å². The van der Waals surface area contributed by atoms with E-state index < -0.39 is 35.0 Å². The van der Waals surface area contributed by atoms with Crippen molar-refractivity contribution in [2.75, 3.05) is 27.0 Å². The monoisotopic (exact) mass is 612 g/mol. The summed E-state index contributed by atoms with van der Waals surface area (Å²) in [5.74, 6) is 1.39. The number of hydrogen-bond donors (Lipinski definition) is 4. The van der Waals surface area contributed by atoms with Crippen molar-refractivity contribution in [1.29, 1.82) is 0 Å². The van der Waals surface area contributed by atoms with Gasteiger partial charge < -0.3 is 38.7 Å². The number of carbonyl (C=O) groups excluding carboxylic acids is 1. The van der Waals surface area contributed by atoms with Crippen LogP contribution in [0.2, 0.25) is 0 Å². The molecule has 240 valence electrons. The summed E-state index contributed by atoms with van der Waals surface area (Å²) < 4.78 is 29.0. The number of benzene rings is 1. The maximum absolute atomic E-state index is 14.1. The van der Waals surface area contributed by atoms with E-state index in [1.54, 1.807) is 33.1 Å². The first-order valence-electron chi connectivity index (χ1n) is 15.6. The molecule has 5 atom stereocenters. The van der Waals surface area contributed by atoms with E-state index in [0.717, 1.165) is 43.5 Å². The van der Waals surface area contributed by atoms with E-state index in [0.29, 0.717) is 35.9 Å². The van der Waals surface area contributed by atoms with Gasteiger partial charge in [0.2, 0.25) is 6.79 Å². The number of fused-ring (bicyclic) bond motifs is 3. The lowest BCUT2D eigenvalue weighted by atomic mass is 9.77. The fraction of sp³-hybridized carbons (Fsp3) is 0.606. The Kier molecular flexibility index (Phi) is 8.44. The van der Waals surface area contributed by atoms with Gasteiger partial charge in [0.05, 0.1) is 37.0 Å². The summed E-state index contributed by atoms with van der Waals surface area (Å²) in [6, 6.07) is 7.55. The van der Waals surface area contributed by atoms with E-state index in [4.69, 9.17) is 23.4 Å². The maximum atomic E-state index is 14.1. The number of nitrogens with zero attached hydrogens (tertiary/aromatic N) is 1. The number of methoxy groups -OCH3 is 1. The number of nitrogens with one attached hydrogen (secondary N) is 1. The van der Waals surface area contributed by atoms with Crippen LogP contribution in [0.5, 0.6) is 11.5 Å². The Hall–Kier alpha value is -3.09. The van der Waals surface area contributed by atoms with Crippen LogP contribution in [0.4, 0.5) is 0 Å². The summed E-state index contributed by atoms with van der Waals surface area (Å²) in [5, 5.41) is 36.0. The maximum Gasteiger partial charge on any atom is 0.339 e. The zero-order valence-electron chi connectivity index (χ0n) is 25.7. The molecule has 4 heterocycles. The zero-order chi connectivity index (χ0) is 31.1. The molecule has 11 heteroatoms. The van der Waals surface area contributed by atoms with Crippen molar-refractivity contribution in [3.05, 3.63) is 59.3 Å². The van der Waals surface area contributed by atoms with Gasteiger partial charge in [0.25, 0.3) is 0 Å². The number of ether oxygens (including phenoxy) is 4. The molecule has 1 unspecified atom stereocenters. The van der Waals surface area contributed by atoms with Gasteiger partial charge in [0.15, 0.2) is 23.2 Å². The van der Waals surface area contributed by atoms with Crippen LogP contribution >= 0.6 is 0 Å².